The van der Waals surface area contributed by atoms with Crippen molar-refractivity contribution in [2.24, 2.45) is 10.3 Å². The molecule has 114 valence electrons. The summed E-state index contributed by atoms with van der Waals surface area (Å²) in [7, 11) is 0. The van der Waals surface area contributed by atoms with Crippen LogP contribution in [0, 0.1) is 0 Å². The van der Waals surface area contributed by atoms with Gasteiger partial charge in [-0.2, -0.15) is 0 Å². The van der Waals surface area contributed by atoms with Crippen LogP contribution in [0.4, 0.5) is 0 Å². The molecule has 0 aliphatic heterocycles. The lowest BCUT2D eigenvalue weighted by atomic mass is 10.0. The molecule has 0 heterocycles. The minimum atomic E-state index is 0.495. The van der Waals surface area contributed by atoms with Crippen molar-refractivity contribution in [3.63, 3.8) is 0 Å². The smallest absolute Gasteiger partial charge is 0.171 e. The second-order valence-electron chi connectivity index (χ2n) is 5.57. The molecule has 0 aromatic heterocycles. The molecule has 4 nitrogen and oxygen atoms in total. The third kappa shape index (κ3) is 4.88. The molecule has 0 saturated heterocycles. The van der Waals surface area contributed by atoms with E-state index in [1.807, 2.05) is 0 Å². The Bertz CT molecular complexity index is 315. The molecule has 0 spiro atoms. The molecule has 0 aromatic rings. The van der Waals surface area contributed by atoms with E-state index >= 15 is 0 Å². The number of rotatable bonds is 2. The molecule has 0 radical (unpaired) electrons. The minimum absolute atomic E-state index is 0.495. The fourth-order valence-electron chi connectivity index (χ4n) is 2.92. The summed E-state index contributed by atoms with van der Waals surface area (Å²) < 4.78 is 0. The number of hydrogen-bond acceptors (Lipinski definition) is 6. The van der Waals surface area contributed by atoms with Crippen molar-refractivity contribution in [2.75, 3.05) is 0 Å². The molecule has 2 saturated carbocycles. The van der Waals surface area contributed by atoms with Gasteiger partial charge in [0.15, 0.2) is 10.1 Å². The lowest BCUT2D eigenvalue weighted by molar-refractivity contribution is 0.316. The molecule has 2 rings (SSSR count). The van der Waals surface area contributed by atoms with Crippen molar-refractivity contribution < 1.29 is 10.4 Å². The molecule has 0 atom stereocenters. The van der Waals surface area contributed by atoms with Crippen LogP contribution in [0.5, 0.6) is 0 Å². The van der Waals surface area contributed by atoms with E-state index in [2.05, 4.69) is 10.3 Å². The second kappa shape index (κ2) is 8.82. The fourth-order valence-corrected chi connectivity index (χ4v) is 5.35. The summed E-state index contributed by atoms with van der Waals surface area (Å²) in [6.07, 6.45) is 12.3. The lowest BCUT2D eigenvalue weighted by Gasteiger charge is -2.23. The van der Waals surface area contributed by atoms with Gasteiger partial charge in [0.25, 0.3) is 0 Å². The van der Waals surface area contributed by atoms with Gasteiger partial charge in [0.05, 0.1) is 0 Å². The first-order valence-corrected chi connectivity index (χ1v) is 9.37. The van der Waals surface area contributed by atoms with Gasteiger partial charge in [0.2, 0.25) is 0 Å². The number of hydrogen-bond donors (Lipinski definition) is 2. The zero-order chi connectivity index (χ0) is 14.2. The van der Waals surface area contributed by atoms with Crippen molar-refractivity contribution in [3.8, 4) is 0 Å². The predicted octanol–water partition coefficient (Wildman–Crippen LogP) is 4.69. The monoisotopic (exact) mass is 316 g/mol. The van der Waals surface area contributed by atoms with Crippen LogP contribution in [0.1, 0.15) is 64.2 Å². The third-order valence-electron chi connectivity index (χ3n) is 4.03. The molecular weight excluding hydrogens is 292 g/mol. The summed E-state index contributed by atoms with van der Waals surface area (Å²) in [6, 6.07) is 0. The molecule has 2 fully saturated rings. The van der Waals surface area contributed by atoms with Crippen LogP contribution in [0.3, 0.4) is 0 Å². The maximum Gasteiger partial charge on any atom is 0.171 e. The number of thioether (sulfide) groups is 2. The Morgan fingerprint density at radius 3 is 1.30 bits per heavy atom. The van der Waals surface area contributed by atoms with E-state index in [9.17, 15) is 10.4 Å². The summed E-state index contributed by atoms with van der Waals surface area (Å²) in [5.74, 6) is 0. The van der Waals surface area contributed by atoms with Crippen LogP contribution in [-0.2, 0) is 0 Å². The Kier molecular flexibility index (Phi) is 7.07. The normalized spacial score (nSPS) is 24.0. The van der Waals surface area contributed by atoms with E-state index in [1.54, 1.807) is 23.5 Å². The van der Waals surface area contributed by atoms with Crippen molar-refractivity contribution in [1.29, 1.82) is 0 Å². The van der Waals surface area contributed by atoms with E-state index in [0.29, 0.717) is 20.6 Å². The van der Waals surface area contributed by atoms with Crippen LogP contribution in [0.25, 0.3) is 0 Å². The highest BCUT2D eigenvalue weighted by atomic mass is 32.2. The molecule has 2 aliphatic rings. The van der Waals surface area contributed by atoms with E-state index in [-0.39, 0.29) is 0 Å². The molecular formula is C14H24N2O2S2. The van der Waals surface area contributed by atoms with Gasteiger partial charge < -0.3 is 10.4 Å². The van der Waals surface area contributed by atoms with Crippen molar-refractivity contribution in [2.45, 2.75) is 74.7 Å². The third-order valence-corrected chi connectivity index (χ3v) is 6.76. The Balaban J connectivity index is 1.89. The quantitative estimate of drug-likeness (QED) is 0.335. The van der Waals surface area contributed by atoms with E-state index in [4.69, 9.17) is 0 Å². The molecule has 0 amide bonds. The van der Waals surface area contributed by atoms with E-state index in [1.165, 1.54) is 38.5 Å². The average Bonchev–Trinajstić information content (AvgIpc) is 2.52. The summed E-state index contributed by atoms with van der Waals surface area (Å²) >= 11 is 3.15. The van der Waals surface area contributed by atoms with Gasteiger partial charge in [0, 0.05) is 10.5 Å². The molecule has 20 heavy (non-hydrogen) atoms. The van der Waals surface area contributed by atoms with Gasteiger partial charge in [-0.1, -0.05) is 72.4 Å². The standard InChI is InChI=1S/C14H24N2O2S2/c17-15-13(19-11-7-3-1-4-8-11)14(16-18)20-12-9-5-2-6-10-12/h11-12,17-18H,1-10H2. The SMILES string of the molecule is ON=C(SC1CCCCC1)C(=NO)SC1CCCCC1. The summed E-state index contributed by atoms with van der Waals surface area (Å²) in [5, 5.41) is 27.3. The lowest BCUT2D eigenvalue weighted by Crippen LogP contribution is -2.19. The van der Waals surface area contributed by atoms with Crippen LogP contribution < -0.4 is 0 Å². The van der Waals surface area contributed by atoms with Crippen molar-refractivity contribution in [1.82, 2.24) is 0 Å². The highest BCUT2D eigenvalue weighted by Gasteiger charge is 2.24. The minimum Gasteiger partial charge on any atom is -0.410 e. The summed E-state index contributed by atoms with van der Waals surface area (Å²) in [4.78, 5) is 0. The highest BCUT2D eigenvalue weighted by molar-refractivity contribution is 8.25. The number of oxime groups is 2. The van der Waals surface area contributed by atoms with Crippen LogP contribution in [0.15, 0.2) is 10.3 Å². The second-order valence-corrected chi connectivity index (χ2v) is 8.14. The Morgan fingerprint density at radius 2 is 1.00 bits per heavy atom. The van der Waals surface area contributed by atoms with Gasteiger partial charge in [-0.05, 0) is 25.7 Å². The Hall–Kier alpha value is -0.360. The van der Waals surface area contributed by atoms with Crippen LogP contribution in [0.2, 0.25) is 0 Å². The first-order chi connectivity index (χ1) is 9.83. The van der Waals surface area contributed by atoms with Gasteiger partial charge >= 0.3 is 0 Å². The predicted molar refractivity (Wildman–Crippen MR) is 87.4 cm³/mol. The van der Waals surface area contributed by atoms with Crippen LogP contribution in [-0.4, -0.2) is 31.0 Å². The molecule has 0 aromatic carbocycles. The Morgan fingerprint density at radius 1 is 0.650 bits per heavy atom. The average molecular weight is 316 g/mol. The zero-order valence-corrected chi connectivity index (χ0v) is 13.5. The van der Waals surface area contributed by atoms with Crippen molar-refractivity contribution in [3.05, 3.63) is 0 Å². The summed E-state index contributed by atoms with van der Waals surface area (Å²) in [5.41, 5.74) is 0. The number of nitrogens with zero attached hydrogens (tertiary/aromatic N) is 2. The Labute approximate surface area is 129 Å². The van der Waals surface area contributed by atoms with Crippen LogP contribution >= 0.6 is 23.5 Å². The zero-order valence-electron chi connectivity index (χ0n) is 11.8. The van der Waals surface area contributed by atoms with E-state index in [0.717, 1.165) is 25.7 Å². The van der Waals surface area contributed by atoms with Gasteiger partial charge in [-0.3, -0.25) is 0 Å². The van der Waals surface area contributed by atoms with Crippen molar-refractivity contribution >= 4 is 33.6 Å². The summed E-state index contributed by atoms with van der Waals surface area (Å²) in [6.45, 7) is 0. The van der Waals surface area contributed by atoms with Gasteiger partial charge in [-0.25, -0.2) is 0 Å². The molecule has 0 bridgehead atoms. The fraction of sp³-hybridized carbons (Fsp3) is 0.857. The maximum atomic E-state index is 9.25. The maximum absolute atomic E-state index is 9.25. The first kappa shape index (κ1) is 16.0. The molecule has 6 heteroatoms. The van der Waals surface area contributed by atoms with Gasteiger partial charge in [-0.15, -0.1) is 0 Å². The topological polar surface area (TPSA) is 65.2 Å². The van der Waals surface area contributed by atoms with E-state index < -0.39 is 0 Å². The van der Waals surface area contributed by atoms with Gasteiger partial charge in [0.1, 0.15) is 0 Å². The molecule has 2 N–H and O–H groups in total. The molecule has 0 unspecified atom stereocenters. The molecule has 2 aliphatic carbocycles. The largest absolute Gasteiger partial charge is 0.410 e. The highest BCUT2D eigenvalue weighted by Crippen LogP contribution is 2.34. The first-order valence-electron chi connectivity index (χ1n) is 7.61.